The van der Waals surface area contributed by atoms with Crippen molar-refractivity contribution in [2.45, 2.75) is 51.0 Å². The van der Waals surface area contributed by atoms with Crippen LogP contribution in [0.5, 0.6) is 0 Å². The van der Waals surface area contributed by atoms with Crippen LogP contribution in [-0.2, 0) is 10.0 Å². The second-order valence-corrected chi connectivity index (χ2v) is 9.51. The van der Waals surface area contributed by atoms with Gasteiger partial charge in [-0.1, -0.05) is 31.4 Å². The summed E-state index contributed by atoms with van der Waals surface area (Å²) in [6.07, 6.45) is 7.69. The molecule has 0 unspecified atom stereocenters. The average molecular weight is 351 g/mol. The summed E-state index contributed by atoms with van der Waals surface area (Å²) in [5, 5.41) is 0. The molecule has 0 N–H and O–H groups in total. The second-order valence-electron chi connectivity index (χ2n) is 7.54. The van der Waals surface area contributed by atoms with Gasteiger partial charge in [-0.3, -0.25) is 0 Å². The topological polar surface area (TPSA) is 40.6 Å². The molecule has 1 aromatic carbocycles. The molecule has 2 fully saturated rings. The number of hydrogen-bond donors (Lipinski definition) is 0. The number of anilines is 1. The molecule has 0 bridgehead atoms. The standard InChI is InChI=1S/C19H30N2O2S/c1-20(2)18-11-6-10-17(14-18)19-12-7-13-21(19)24(22,23)15-16-8-4-3-5-9-16/h6,10-11,14,16,19H,3-5,7-9,12-13,15H2,1-2H3/t19-/m0/s1. The Labute approximate surface area is 146 Å². The smallest absolute Gasteiger partial charge is 0.214 e. The van der Waals surface area contributed by atoms with E-state index < -0.39 is 10.0 Å². The van der Waals surface area contributed by atoms with Crippen LogP contribution in [0, 0.1) is 5.92 Å². The van der Waals surface area contributed by atoms with Crippen molar-refractivity contribution in [3.8, 4) is 0 Å². The van der Waals surface area contributed by atoms with E-state index in [0.717, 1.165) is 36.9 Å². The number of rotatable bonds is 5. The quantitative estimate of drug-likeness (QED) is 0.811. The van der Waals surface area contributed by atoms with Crippen molar-refractivity contribution in [2.75, 3.05) is 31.3 Å². The van der Waals surface area contributed by atoms with Crippen molar-refractivity contribution in [1.29, 1.82) is 0 Å². The molecule has 1 atom stereocenters. The van der Waals surface area contributed by atoms with Crippen LogP contribution < -0.4 is 4.90 Å². The van der Waals surface area contributed by atoms with Gasteiger partial charge >= 0.3 is 0 Å². The van der Waals surface area contributed by atoms with E-state index in [1.54, 1.807) is 4.31 Å². The Bertz CT molecular complexity index is 651. The predicted molar refractivity (Wildman–Crippen MR) is 99.8 cm³/mol. The summed E-state index contributed by atoms with van der Waals surface area (Å²) in [4.78, 5) is 2.07. The van der Waals surface area contributed by atoms with E-state index >= 15 is 0 Å². The maximum atomic E-state index is 13.0. The number of nitrogens with zero attached hydrogens (tertiary/aromatic N) is 2. The van der Waals surface area contributed by atoms with Gasteiger partial charge < -0.3 is 4.90 Å². The van der Waals surface area contributed by atoms with Crippen LogP contribution in [0.3, 0.4) is 0 Å². The van der Waals surface area contributed by atoms with Gasteiger partial charge in [0.15, 0.2) is 0 Å². The van der Waals surface area contributed by atoms with E-state index in [4.69, 9.17) is 0 Å². The summed E-state index contributed by atoms with van der Waals surface area (Å²) < 4.78 is 27.8. The van der Waals surface area contributed by atoms with E-state index in [2.05, 4.69) is 23.1 Å². The zero-order valence-corrected chi connectivity index (χ0v) is 15.8. The Kier molecular flexibility index (Phi) is 5.50. The lowest BCUT2D eigenvalue weighted by Crippen LogP contribution is -2.35. The van der Waals surface area contributed by atoms with Crippen LogP contribution in [0.15, 0.2) is 24.3 Å². The molecule has 1 heterocycles. The molecule has 0 radical (unpaired) electrons. The zero-order chi connectivity index (χ0) is 17.2. The highest BCUT2D eigenvalue weighted by atomic mass is 32.2. The molecule has 5 heteroatoms. The van der Waals surface area contributed by atoms with Gasteiger partial charge in [0.2, 0.25) is 10.0 Å². The Morgan fingerprint density at radius 3 is 2.54 bits per heavy atom. The van der Waals surface area contributed by atoms with Gasteiger partial charge in [0.25, 0.3) is 0 Å². The highest BCUT2D eigenvalue weighted by molar-refractivity contribution is 7.89. The SMILES string of the molecule is CN(C)c1cccc([C@@H]2CCCN2S(=O)(=O)CC2CCCCC2)c1. The summed E-state index contributed by atoms with van der Waals surface area (Å²) >= 11 is 0. The van der Waals surface area contributed by atoms with Crippen molar-refractivity contribution in [3.05, 3.63) is 29.8 Å². The van der Waals surface area contributed by atoms with Crippen molar-refractivity contribution >= 4 is 15.7 Å². The van der Waals surface area contributed by atoms with E-state index in [9.17, 15) is 8.42 Å². The minimum absolute atomic E-state index is 0.0125. The Morgan fingerprint density at radius 1 is 1.08 bits per heavy atom. The normalized spacial score (nSPS) is 23.5. The van der Waals surface area contributed by atoms with Crippen molar-refractivity contribution in [3.63, 3.8) is 0 Å². The predicted octanol–water partition coefficient (Wildman–Crippen LogP) is 3.80. The molecule has 0 aromatic heterocycles. The highest BCUT2D eigenvalue weighted by Gasteiger charge is 2.36. The third-order valence-corrected chi connectivity index (χ3v) is 7.55. The molecular weight excluding hydrogens is 320 g/mol. The summed E-state index contributed by atoms with van der Waals surface area (Å²) in [6, 6.07) is 8.33. The Morgan fingerprint density at radius 2 is 1.83 bits per heavy atom. The third kappa shape index (κ3) is 3.94. The summed E-state index contributed by atoms with van der Waals surface area (Å²) in [7, 11) is 0.868. The van der Waals surface area contributed by atoms with Crippen LogP contribution in [0.25, 0.3) is 0 Å². The van der Waals surface area contributed by atoms with Gasteiger partial charge in [0, 0.05) is 32.4 Å². The molecule has 4 nitrogen and oxygen atoms in total. The van der Waals surface area contributed by atoms with Crippen LogP contribution >= 0.6 is 0 Å². The van der Waals surface area contributed by atoms with Crippen molar-refractivity contribution < 1.29 is 8.42 Å². The van der Waals surface area contributed by atoms with Gasteiger partial charge in [-0.05, 0) is 49.3 Å². The molecule has 134 valence electrons. The molecule has 1 aliphatic carbocycles. The van der Waals surface area contributed by atoms with E-state index in [1.165, 1.54) is 19.3 Å². The summed E-state index contributed by atoms with van der Waals surface area (Å²) in [5.74, 6) is 0.703. The van der Waals surface area contributed by atoms with E-state index in [-0.39, 0.29) is 6.04 Å². The molecule has 3 rings (SSSR count). The van der Waals surface area contributed by atoms with Gasteiger partial charge in [-0.15, -0.1) is 0 Å². The van der Waals surface area contributed by atoms with Crippen LogP contribution in [0.4, 0.5) is 5.69 Å². The highest BCUT2D eigenvalue weighted by Crippen LogP contribution is 2.37. The lowest BCUT2D eigenvalue weighted by Gasteiger charge is -2.28. The first-order valence-corrected chi connectivity index (χ1v) is 10.8. The van der Waals surface area contributed by atoms with Crippen LogP contribution in [-0.4, -0.2) is 39.1 Å². The fourth-order valence-electron chi connectivity index (χ4n) is 4.16. The molecule has 1 saturated carbocycles. The van der Waals surface area contributed by atoms with E-state index in [1.807, 2.05) is 20.2 Å². The molecule has 1 aromatic rings. The lowest BCUT2D eigenvalue weighted by molar-refractivity contribution is 0.359. The monoisotopic (exact) mass is 350 g/mol. The Hall–Kier alpha value is -1.07. The Balaban J connectivity index is 1.78. The maximum absolute atomic E-state index is 13.0. The van der Waals surface area contributed by atoms with Gasteiger partial charge in [-0.2, -0.15) is 4.31 Å². The fraction of sp³-hybridized carbons (Fsp3) is 0.684. The lowest BCUT2D eigenvalue weighted by atomic mass is 9.91. The second kappa shape index (κ2) is 7.44. The number of sulfonamides is 1. The van der Waals surface area contributed by atoms with Crippen molar-refractivity contribution in [2.24, 2.45) is 5.92 Å². The average Bonchev–Trinajstić information content (AvgIpc) is 3.06. The van der Waals surface area contributed by atoms with Gasteiger partial charge in [0.1, 0.15) is 0 Å². The minimum Gasteiger partial charge on any atom is -0.378 e. The molecule has 0 spiro atoms. The first-order valence-electron chi connectivity index (χ1n) is 9.24. The van der Waals surface area contributed by atoms with Crippen LogP contribution in [0.2, 0.25) is 0 Å². The number of benzene rings is 1. The molecule has 24 heavy (non-hydrogen) atoms. The van der Waals surface area contributed by atoms with Gasteiger partial charge in [0.05, 0.1) is 5.75 Å². The third-order valence-electron chi connectivity index (χ3n) is 5.50. The van der Waals surface area contributed by atoms with Crippen molar-refractivity contribution in [1.82, 2.24) is 4.31 Å². The molecular formula is C19H30N2O2S. The minimum atomic E-state index is -3.17. The molecule has 1 saturated heterocycles. The maximum Gasteiger partial charge on any atom is 0.214 e. The summed E-state index contributed by atoms with van der Waals surface area (Å²) in [6.45, 7) is 0.673. The zero-order valence-electron chi connectivity index (χ0n) is 14.9. The first kappa shape index (κ1) is 17.7. The van der Waals surface area contributed by atoms with E-state index in [0.29, 0.717) is 18.2 Å². The summed E-state index contributed by atoms with van der Waals surface area (Å²) in [5.41, 5.74) is 2.26. The molecule has 1 aliphatic heterocycles. The first-order chi connectivity index (χ1) is 11.5. The van der Waals surface area contributed by atoms with Crippen LogP contribution in [0.1, 0.15) is 56.6 Å². The molecule has 0 amide bonds. The fourth-order valence-corrected chi connectivity index (χ4v) is 6.31. The largest absolute Gasteiger partial charge is 0.378 e. The number of hydrogen-bond acceptors (Lipinski definition) is 3. The molecule has 2 aliphatic rings. The van der Waals surface area contributed by atoms with Gasteiger partial charge in [-0.25, -0.2) is 8.42 Å².